The molecule has 0 bridgehead atoms. The van der Waals surface area contributed by atoms with Gasteiger partial charge in [0.05, 0.1) is 36.7 Å². The zero-order valence-corrected chi connectivity index (χ0v) is 65.8. The molecule has 5 fully saturated rings. The van der Waals surface area contributed by atoms with E-state index in [9.17, 15) is 76.7 Å². The van der Waals surface area contributed by atoms with Gasteiger partial charge in [-0.05, 0) is 120 Å². The molecule has 7 aromatic rings. The first-order valence-electron chi connectivity index (χ1n) is 32.8. The van der Waals surface area contributed by atoms with Gasteiger partial charge in [0.2, 0.25) is 46.0 Å². The van der Waals surface area contributed by atoms with Crippen LogP contribution >= 0.6 is 15.3 Å². The average Bonchev–Trinajstić information content (AvgIpc) is 1.59. The Hall–Kier alpha value is -5.78. The summed E-state index contributed by atoms with van der Waals surface area (Å²) in [6.45, 7) is 10.0. The summed E-state index contributed by atoms with van der Waals surface area (Å²) in [5, 5.41) is 81.0. The van der Waals surface area contributed by atoms with E-state index in [1.54, 1.807) is 55.5 Å². The zero-order valence-electron chi connectivity index (χ0n) is 59.8. The largest absolute Gasteiger partial charge is 2.00 e. The van der Waals surface area contributed by atoms with Gasteiger partial charge in [0, 0.05) is 13.2 Å². The van der Waals surface area contributed by atoms with Gasteiger partial charge in [-0.1, -0.05) is 43.3 Å². The molecule has 2 aliphatic carbocycles. The number of nitrogens with zero attached hydrogens (tertiary/aromatic N) is 8. The van der Waals surface area contributed by atoms with Crippen molar-refractivity contribution in [1.29, 1.82) is 10.5 Å². The molecule has 39 heteroatoms. The second kappa shape index (κ2) is 41.3. The van der Waals surface area contributed by atoms with Crippen LogP contribution in [-0.2, 0) is 58.1 Å². The number of nitrogens with one attached hydrogen (secondary N) is 1. The van der Waals surface area contributed by atoms with E-state index in [2.05, 4.69) is 46.0 Å². The van der Waals surface area contributed by atoms with E-state index < -0.39 is 135 Å². The van der Waals surface area contributed by atoms with E-state index in [1.807, 2.05) is 12.1 Å². The molecule has 12 rings (SSSR count). The average molecular weight is 1590 g/mol. The van der Waals surface area contributed by atoms with Gasteiger partial charge in [0.25, 0.3) is 0 Å². The molecule has 29 nitrogen and oxygen atoms in total. The fraction of sp³-hybridized carbons (Fsp3) is 0.478. The number of anilines is 2. The minimum atomic E-state index is -4.91. The number of benzene rings is 3. The molecule has 106 heavy (non-hydrogen) atoms. The molecule has 5 aliphatic rings. The van der Waals surface area contributed by atoms with E-state index in [0.717, 1.165) is 51.7 Å². The monoisotopic (exact) mass is 1580 g/mol. The number of para-hydroxylation sites is 2. The van der Waals surface area contributed by atoms with Crippen LogP contribution in [-0.4, -0.2) is 177 Å². The standard InChI is InChI=1S/C27H32N5O8P.C20H19F5NO5P.C12H13N5O4.C4H8O.C4H9.ClH.K.Mg.H/c1-17(26(35)38-18-7-5-6-8-18)14-41(36,40-19-9-3-2-4-10-19)37-13-21-23(33)24(34)27(15-28,39-21)22-12-11-20-25(29)30-16-31-32(20)22;1-11(20(27)29-12-7-5-6-8-12)26-32(28,30-13-9-3-2-4-10-13)31-19-17(24)15(22)14(21)16(23)18(19)25;13-4-12(10(20)9(19)7(3-18)21-12)8-2-1-6-11(14)15-5-16-17(6)8;1-2-4-5-3-1;1-4(2)3;;;;/h2-4,9-12,16-18,21,23-24,33-34H,5-8,13-14H2,1H3,(H2,29,30,31);2-4,9-12H,5-8H2,1H3,(H,26,28);1-2,5,7,9-10,18-20H,3H2,(H2,14,15,16);1-4H2;1-3H3;1H;;;/q;;;;-1;;+1;+2;-1/p-1/t17-,21-,23-,24-,27+,41?;11-,32?;7-,9-,10-,12+;;;;;;/m101....../s1. The fourth-order valence-electron chi connectivity index (χ4n) is 11.3. The maximum Gasteiger partial charge on any atom is 2.00 e. The summed E-state index contributed by atoms with van der Waals surface area (Å²) in [7, 11) is -8.96. The normalized spacial score (nSPS) is 23.4. The van der Waals surface area contributed by atoms with Gasteiger partial charge in [0.1, 0.15) is 102 Å². The smallest absolute Gasteiger partial charge is 1.00 e. The van der Waals surface area contributed by atoms with Crippen LogP contribution in [0.5, 0.6) is 17.2 Å². The minimum Gasteiger partial charge on any atom is -1.00 e. The van der Waals surface area contributed by atoms with Crippen LogP contribution in [0.4, 0.5) is 33.6 Å². The van der Waals surface area contributed by atoms with Gasteiger partial charge in [0.15, 0.2) is 11.6 Å². The van der Waals surface area contributed by atoms with Crippen molar-refractivity contribution in [1.82, 2.24) is 34.3 Å². The van der Waals surface area contributed by atoms with Gasteiger partial charge >= 0.3 is 102 Å². The number of esters is 2. The summed E-state index contributed by atoms with van der Waals surface area (Å²) in [6.07, 6.45) is 2.17. The Labute approximate surface area is 673 Å². The minimum absolute atomic E-state index is 0. The van der Waals surface area contributed by atoms with E-state index in [4.69, 9.17) is 53.2 Å². The zero-order chi connectivity index (χ0) is 75.0. The Balaban J connectivity index is 0.000000326. The second-order valence-corrected chi connectivity index (χ2v) is 28.7. The van der Waals surface area contributed by atoms with E-state index >= 15 is 0 Å². The molecule has 12 atom stereocenters. The molecular weight excluding hydrogens is 1500 g/mol. The first kappa shape index (κ1) is 90.8. The predicted molar refractivity (Wildman–Crippen MR) is 363 cm³/mol. The van der Waals surface area contributed by atoms with Crippen molar-refractivity contribution in [2.75, 3.05) is 44.1 Å². The summed E-state index contributed by atoms with van der Waals surface area (Å²) in [6, 6.07) is 24.0. The van der Waals surface area contributed by atoms with Crippen LogP contribution in [0.2, 0.25) is 0 Å². The number of halogens is 6. The Morgan fingerprint density at radius 2 is 1.08 bits per heavy atom. The van der Waals surface area contributed by atoms with E-state index in [0.29, 0.717) is 23.9 Å². The number of fused-ring (bicyclic) bond motifs is 2. The molecule has 10 N–H and O–H groups in total. The van der Waals surface area contributed by atoms with Crippen molar-refractivity contribution in [2.24, 2.45) is 5.92 Å². The molecule has 4 aromatic heterocycles. The van der Waals surface area contributed by atoms with E-state index in [1.165, 1.54) is 83.8 Å². The topological polar surface area (TPSA) is 425 Å². The number of hydrogen-bond donors (Lipinski definition) is 8. The van der Waals surface area contributed by atoms with Gasteiger partial charge in [-0.2, -0.15) is 55.4 Å². The summed E-state index contributed by atoms with van der Waals surface area (Å²) in [4.78, 5) is 32.8. The van der Waals surface area contributed by atoms with Crippen LogP contribution in [0.3, 0.4) is 0 Å². The summed E-state index contributed by atoms with van der Waals surface area (Å²) < 4.78 is 147. The SMILES string of the molecule is C1CCOC1.C[C-](C)C.C[C@H](CP(=O)(OC[C@H]1O[C@@](C#N)(c2ccc3c(N)ncnn23)[C@H](O)[C@@H]1O)Oc1ccccc1)C(=O)OC1CCCC1.C[C@H](NP(=O)(Oc1ccccc1)Oc1c(F)c(F)c(F)c(F)c1F)C(=O)OC1CCCC1.N#C[C@@]1(c2ccc3c(N)ncnn23)O[C@H](CO)[C@@H](O)[C@H]1O.[Cl-].[H-].[K+].[Mg+2]. The van der Waals surface area contributed by atoms with E-state index in [-0.39, 0.29) is 141 Å². The van der Waals surface area contributed by atoms with Crippen molar-refractivity contribution in [3.8, 4) is 29.4 Å². The molecule has 0 amide bonds. The molecule has 3 aliphatic heterocycles. The summed E-state index contributed by atoms with van der Waals surface area (Å²) >= 11 is 0. The predicted octanol–water partition coefficient (Wildman–Crippen LogP) is 2.27. The second-order valence-electron chi connectivity index (χ2n) is 25.0. The van der Waals surface area contributed by atoms with Crippen LogP contribution in [0.15, 0.2) is 97.6 Å². The third kappa shape index (κ3) is 22.3. The molecular formula is C67H82ClF5KMgN11O18P2. The third-order valence-corrected chi connectivity index (χ3v) is 20.1. The van der Waals surface area contributed by atoms with Crippen LogP contribution < -0.4 is 93.9 Å². The molecule has 2 unspecified atom stereocenters. The third-order valence-electron chi connectivity index (χ3n) is 16.5. The number of rotatable bonds is 20. The van der Waals surface area contributed by atoms with Gasteiger partial charge in [-0.15, -0.1) is 0 Å². The maximum absolute atomic E-state index is 14.1. The summed E-state index contributed by atoms with van der Waals surface area (Å²) in [5.74, 6) is -13.8. The Morgan fingerprint density at radius 3 is 1.50 bits per heavy atom. The fourth-order valence-corrected chi connectivity index (χ4v) is 14.7. The van der Waals surface area contributed by atoms with Gasteiger partial charge in [-0.3, -0.25) is 14.1 Å². The number of hydrogen-bond acceptors (Lipinski definition) is 26. The Bertz CT molecular complexity index is 4180. The number of nitrogen functional groups attached to an aromatic ring is 2. The maximum atomic E-state index is 14.1. The summed E-state index contributed by atoms with van der Waals surface area (Å²) in [5.41, 5.74) is 8.86. The Morgan fingerprint density at radius 1 is 0.670 bits per heavy atom. The van der Waals surface area contributed by atoms with Crippen LogP contribution in [0.25, 0.3) is 11.0 Å². The first-order valence-corrected chi connectivity index (χ1v) is 36.1. The number of carbonyl (C=O) groups is 2. The first-order chi connectivity index (χ1) is 49.0. The number of ether oxygens (including phenoxy) is 5. The number of aromatic nitrogens is 6. The van der Waals surface area contributed by atoms with Crippen molar-refractivity contribution >= 4 is 73.0 Å². The van der Waals surface area contributed by atoms with Crippen molar-refractivity contribution < 1.29 is 173 Å². The number of aliphatic hydroxyl groups is 5. The molecule has 3 saturated heterocycles. The molecule has 2 saturated carbocycles. The quantitative estimate of drug-likeness (QED) is 0.0103. The van der Waals surface area contributed by atoms with Crippen molar-refractivity contribution in [2.45, 2.75) is 165 Å². The molecule has 0 radical (unpaired) electrons. The van der Waals surface area contributed by atoms with Crippen LogP contribution in [0, 0.1) is 63.6 Å². The number of aliphatic hydroxyl groups excluding tert-OH is 5. The van der Waals surface area contributed by atoms with Crippen molar-refractivity contribution in [3.05, 3.63) is 144 Å². The molecule has 7 heterocycles. The molecule has 3 aromatic carbocycles. The van der Waals surface area contributed by atoms with Crippen molar-refractivity contribution in [3.63, 3.8) is 0 Å². The molecule has 568 valence electrons. The number of nitriles is 2. The Kier molecular flexibility index (Phi) is 35.4. The van der Waals surface area contributed by atoms with Gasteiger partial charge < -0.3 is 94.0 Å². The number of carbonyl (C=O) groups excluding carboxylic acids is 2. The number of nitrogens with two attached hydrogens (primary N) is 2. The van der Waals surface area contributed by atoms with Gasteiger partial charge in [-0.25, -0.2) is 41.3 Å². The van der Waals surface area contributed by atoms with Crippen LogP contribution in [0.1, 0.15) is 112 Å². The molecule has 0 spiro atoms.